The first-order valence-electron chi connectivity index (χ1n) is 5.85. The lowest BCUT2D eigenvalue weighted by molar-refractivity contribution is 0.0693. The van der Waals surface area contributed by atoms with Crippen molar-refractivity contribution in [3.05, 3.63) is 22.6 Å². The van der Waals surface area contributed by atoms with Gasteiger partial charge in [0, 0.05) is 17.6 Å². The summed E-state index contributed by atoms with van der Waals surface area (Å²) in [7, 11) is 0. The third-order valence-corrected chi connectivity index (χ3v) is 3.23. The SMILES string of the molecule is CCC(C)(C)NCc1c(C)oc(C)c1C(=O)O. The number of aryl methyl sites for hydroxylation is 2. The summed E-state index contributed by atoms with van der Waals surface area (Å²) in [5.74, 6) is 0.228. The molecule has 0 bridgehead atoms. The Bertz CT molecular complexity index is 419. The van der Waals surface area contributed by atoms with Crippen LogP contribution in [0.3, 0.4) is 0 Å². The molecule has 0 aliphatic rings. The number of nitrogens with one attached hydrogen (secondary N) is 1. The lowest BCUT2D eigenvalue weighted by atomic mass is 10.0. The molecule has 0 aliphatic carbocycles. The summed E-state index contributed by atoms with van der Waals surface area (Å²) in [5, 5.41) is 12.5. The lowest BCUT2D eigenvalue weighted by Gasteiger charge is -2.24. The first kappa shape index (κ1) is 13.8. The van der Waals surface area contributed by atoms with E-state index < -0.39 is 5.97 Å². The number of rotatable bonds is 5. The Labute approximate surface area is 102 Å². The van der Waals surface area contributed by atoms with Gasteiger partial charge in [-0.3, -0.25) is 0 Å². The van der Waals surface area contributed by atoms with E-state index in [0.717, 1.165) is 12.0 Å². The minimum absolute atomic E-state index is 0.00656. The van der Waals surface area contributed by atoms with Gasteiger partial charge in [0.05, 0.1) is 0 Å². The molecule has 0 fully saturated rings. The molecule has 4 heteroatoms. The van der Waals surface area contributed by atoms with Crippen molar-refractivity contribution in [2.45, 2.75) is 53.1 Å². The highest BCUT2D eigenvalue weighted by molar-refractivity contribution is 5.90. The summed E-state index contributed by atoms with van der Waals surface area (Å²) in [6, 6.07) is 0. The van der Waals surface area contributed by atoms with Crippen LogP contribution in [0.25, 0.3) is 0 Å². The van der Waals surface area contributed by atoms with Gasteiger partial charge < -0.3 is 14.8 Å². The molecular formula is C13H21NO3. The van der Waals surface area contributed by atoms with Gasteiger partial charge in [-0.1, -0.05) is 6.92 Å². The van der Waals surface area contributed by atoms with Crippen molar-refractivity contribution >= 4 is 5.97 Å². The third kappa shape index (κ3) is 3.09. The Morgan fingerprint density at radius 1 is 1.35 bits per heavy atom. The maximum absolute atomic E-state index is 11.2. The van der Waals surface area contributed by atoms with Crippen LogP contribution in [-0.4, -0.2) is 16.6 Å². The highest BCUT2D eigenvalue weighted by atomic mass is 16.4. The zero-order chi connectivity index (χ0) is 13.2. The van der Waals surface area contributed by atoms with Crippen LogP contribution in [-0.2, 0) is 6.54 Å². The van der Waals surface area contributed by atoms with Gasteiger partial charge in [-0.15, -0.1) is 0 Å². The number of furan rings is 1. The first-order chi connectivity index (χ1) is 7.78. The Morgan fingerprint density at radius 2 is 1.94 bits per heavy atom. The Hall–Kier alpha value is -1.29. The maximum Gasteiger partial charge on any atom is 0.339 e. The van der Waals surface area contributed by atoms with Gasteiger partial charge in [-0.05, 0) is 34.1 Å². The van der Waals surface area contributed by atoms with Crippen molar-refractivity contribution in [2.24, 2.45) is 0 Å². The highest BCUT2D eigenvalue weighted by Gasteiger charge is 2.22. The van der Waals surface area contributed by atoms with Crippen LogP contribution in [0.1, 0.15) is 54.6 Å². The van der Waals surface area contributed by atoms with E-state index in [2.05, 4.69) is 26.1 Å². The van der Waals surface area contributed by atoms with Gasteiger partial charge in [0.25, 0.3) is 0 Å². The molecule has 0 saturated carbocycles. The smallest absolute Gasteiger partial charge is 0.339 e. The Kier molecular flexibility index (Phi) is 3.98. The molecule has 0 aliphatic heterocycles. The quantitative estimate of drug-likeness (QED) is 0.829. The topological polar surface area (TPSA) is 62.5 Å². The maximum atomic E-state index is 11.2. The number of hydrogen-bond acceptors (Lipinski definition) is 3. The molecule has 0 radical (unpaired) electrons. The van der Waals surface area contributed by atoms with Crippen LogP contribution in [0, 0.1) is 13.8 Å². The van der Waals surface area contributed by atoms with Crippen molar-refractivity contribution in [1.82, 2.24) is 5.32 Å². The molecule has 0 atom stereocenters. The second kappa shape index (κ2) is 4.92. The molecule has 96 valence electrons. The van der Waals surface area contributed by atoms with Crippen molar-refractivity contribution in [3.63, 3.8) is 0 Å². The van der Waals surface area contributed by atoms with E-state index in [9.17, 15) is 4.79 Å². The largest absolute Gasteiger partial charge is 0.478 e. The second-order valence-corrected chi connectivity index (χ2v) is 4.96. The fourth-order valence-corrected chi connectivity index (χ4v) is 1.68. The minimum atomic E-state index is -0.926. The van der Waals surface area contributed by atoms with E-state index in [-0.39, 0.29) is 5.54 Å². The van der Waals surface area contributed by atoms with E-state index in [1.807, 2.05) is 0 Å². The van der Waals surface area contributed by atoms with E-state index >= 15 is 0 Å². The standard InChI is InChI=1S/C13H21NO3/c1-6-13(4,5)14-7-10-8(2)17-9(3)11(10)12(15)16/h14H,6-7H2,1-5H3,(H,15,16). The number of aromatic carboxylic acids is 1. The average Bonchev–Trinajstić information content (AvgIpc) is 2.50. The lowest BCUT2D eigenvalue weighted by Crippen LogP contribution is -2.38. The van der Waals surface area contributed by atoms with Crippen LogP contribution in [0.4, 0.5) is 0 Å². The predicted octanol–water partition coefficient (Wildman–Crippen LogP) is 2.87. The van der Waals surface area contributed by atoms with Crippen molar-refractivity contribution in [2.75, 3.05) is 0 Å². The van der Waals surface area contributed by atoms with Crippen LogP contribution in [0.2, 0.25) is 0 Å². The summed E-state index contributed by atoms with van der Waals surface area (Å²) in [6.45, 7) is 10.3. The summed E-state index contributed by atoms with van der Waals surface area (Å²) in [6.07, 6.45) is 0.977. The fourth-order valence-electron chi connectivity index (χ4n) is 1.68. The van der Waals surface area contributed by atoms with Gasteiger partial charge in [-0.2, -0.15) is 0 Å². The second-order valence-electron chi connectivity index (χ2n) is 4.96. The molecule has 0 saturated heterocycles. The summed E-state index contributed by atoms with van der Waals surface area (Å²) in [5.41, 5.74) is 1.03. The summed E-state index contributed by atoms with van der Waals surface area (Å²) in [4.78, 5) is 11.2. The van der Waals surface area contributed by atoms with E-state index in [1.54, 1.807) is 13.8 Å². The van der Waals surface area contributed by atoms with Crippen LogP contribution in [0.5, 0.6) is 0 Å². The van der Waals surface area contributed by atoms with Gasteiger partial charge >= 0.3 is 5.97 Å². The molecular weight excluding hydrogens is 218 g/mol. The van der Waals surface area contributed by atoms with Crippen molar-refractivity contribution < 1.29 is 14.3 Å². The Balaban J connectivity index is 2.95. The van der Waals surface area contributed by atoms with Crippen molar-refractivity contribution in [1.29, 1.82) is 0 Å². The summed E-state index contributed by atoms with van der Waals surface area (Å²) < 4.78 is 5.38. The van der Waals surface area contributed by atoms with E-state index in [4.69, 9.17) is 9.52 Å². The monoisotopic (exact) mass is 239 g/mol. The predicted molar refractivity (Wildman–Crippen MR) is 66.4 cm³/mol. The number of carboxylic acid groups (broad SMARTS) is 1. The highest BCUT2D eigenvalue weighted by Crippen LogP contribution is 2.22. The van der Waals surface area contributed by atoms with Crippen LogP contribution in [0.15, 0.2) is 4.42 Å². The molecule has 0 amide bonds. The van der Waals surface area contributed by atoms with Crippen LogP contribution >= 0.6 is 0 Å². The number of carbonyl (C=O) groups is 1. The molecule has 1 rings (SSSR count). The molecule has 0 aromatic carbocycles. The zero-order valence-electron chi connectivity index (χ0n) is 11.2. The average molecular weight is 239 g/mol. The number of carboxylic acids is 1. The molecule has 0 spiro atoms. The molecule has 4 nitrogen and oxygen atoms in total. The van der Waals surface area contributed by atoms with Gasteiger partial charge in [0.15, 0.2) is 0 Å². The third-order valence-electron chi connectivity index (χ3n) is 3.23. The summed E-state index contributed by atoms with van der Waals surface area (Å²) >= 11 is 0. The molecule has 0 unspecified atom stereocenters. The van der Waals surface area contributed by atoms with E-state index in [1.165, 1.54) is 0 Å². The van der Waals surface area contributed by atoms with Crippen LogP contribution < -0.4 is 5.32 Å². The molecule has 2 N–H and O–H groups in total. The number of hydrogen-bond donors (Lipinski definition) is 2. The molecule has 1 heterocycles. The molecule has 17 heavy (non-hydrogen) atoms. The fraction of sp³-hybridized carbons (Fsp3) is 0.615. The normalized spacial score (nSPS) is 11.8. The molecule has 1 aromatic rings. The van der Waals surface area contributed by atoms with Crippen molar-refractivity contribution in [3.8, 4) is 0 Å². The zero-order valence-corrected chi connectivity index (χ0v) is 11.2. The van der Waals surface area contributed by atoms with E-state index in [0.29, 0.717) is 23.6 Å². The Morgan fingerprint density at radius 3 is 2.41 bits per heavy atom. The molecule has 1 aromatic heterocycles. The van der Waals surface area contributed by atoms with Gasteiger partial charge in [0.1, 0.15) is 17.1 Å². The van der Waals surface area contributed by atoms with Gasteiger partial charge in [-0.25, -0.2) is 4.79 Å². The van der Waals surface area contributed by atoms with Gasteiger partial charge in [0.2, 0.25) is 0 Å². The minimum Gasteiger partial charge on any atom is -0.478 e. The first-order valence-corrected chi connectivity index (χ1v) is 5.85.